The van der Waals surface area contributed by atoms with Crippen molar-refractivity contribution in [2.24, 2.45) is 11.1 Å². The van der Waals surface area contributed by atoms with E-state index >= 15 is 0 Å². The highest BCUT2D eigenvalue weighted by atomic mass is 16.4. The topological polar surface area (TPSA) is 109 Å². The summed E-state index contributed by atoms with van der Waals surface area (Å²) in [5.41, 5.74) is 4.06. The van der Waals surface area contributed by atoms with Crippen molar-refractivity contribution in [1.82, 2.24) is 5.32 Å². The first-order valence-electron chi connectivity index (χ1n) is 5.69. The standard InChI is InChI=1S/C11H18N2O4/c1-7(9(12)15)13-8(14)6-11(10(16)17)4-2-3-5-11/h7H,2-6H2,1H3,(H2,12,15)(H,13,14)(H,16,17). The highest BCUT2D eigenvalue weighted by molar-refractivity contribution is 5.89. The van der Waals surface area contributed by atoms with Crippen LogP contribution < -0.4 is 11.1 Å². The van der Waals surface area contributed by atoms with Crippen LogP contribution in [-0.2, 0) is 14.4 Å². The van der Waals surface area contributed by atoms with Gasteiger partial charge >= 0.3 is 5.97 Å². The van der Waals surface area contributed by atoms with Crippen LogP contribution in [0.15, 0.2) is 0 Å². The van der Waals surface area contributed by atoms with Gasteiger partial charge in [0.15, 0.2) is 0 Å². The van der Waals surface area contributed by atoms with Crippen molar-refractivity contribution in [3.8, 4) is 0 Å². The average molecular weight is 242 g/mol. The molecule has 1 fully saturated rings. The molecule has 0 aromatic carbocycles. The summed E-state index contributed by atoms with van der Waals surface area (Å²) in [5, 5.41) is 11.6. The number of nitrogens with one attached hydrogen (secondary N) is 1. The van der Waals surface area contributed by atoms with E-state index in [0.717, 1.165) is 12.8 Å². The molecule has 1 rings (SSSR count). The molecule has 0 radical (unpaired) electrons. The normalized spacial score (nSPS) is 19.6. The molecule has 0 aromatic rings. The molecule has 2 amide bonds. The molecule has 1 aliphatic rings. The van der Waals surface area contributed by atoms with E-state index in [-0.39, 0.29) is 6.42 Å². The highest BCUT2D eigenvalue weighted by Crippen LogP contribution is 2.41. The van der Waals surface area contributed by atoms with Gasteiger partial charge in [0.1, 0.15) is 6.04 Å². The van der Waals surface area contributed by atoms with Gasteiger partial charge in [-0.3, -0.25) is 14.4 Å². The van der Waals surface area contributed by atoms with E-state index in [9.17, 15) is 19.5 Å². The Balaban J connectivity index is 2.60. The quantitative estimate of drug-likeness (QED) is 0.630. The zero-order valence-corrected chi connectivity index (χ0v) is 9.86. The van der Waals surface area contributed by atoms with Gasteiger partial charge < -0.3 is 16.2 Å². The van der Waals surface area contributed by atoms with E-state index in [2.05, 4.69) is 5.32 Å². The number of carbonyl (C=O) groups excluding carboxylic acids is 2. The lowest BCUT2D eigenvalue weighted by atomic mass is 9.82. The van der Waals surface area contributed by atoms with Crippen LogP contribution in [0.1, 0.15) is 39.0 Å². The molecule has 0 heterocycles. The summed E-state index contributed by atoms with van der Waals surface area (Å²) < 4.78 is 0. The number of hydrogen-bond acceptors (Lipinski definition) is 3. The van der Waals surface area contributed by atoms with Crippen LogP contribution >= 0.6 is 0 Å². The second-order valence-electron chi connectivity index (χ2n) is 4.66. The van der Waals surface area contributed by atoms with Crippen molar-refractivity contribution >= 4 is 17.8 Å². The number of rotatable bonds is 5. The molecule has 0 aliphatic heterocycles. The number of amides is 2. The summed E-state index contributed by atoms with van der Waals surface area (Å²) >= 11 is 0. The van der Waals surface area contributed by atoms with E-state index in [4.69, 9.17) is 5.73 Å². The molecule has 4 N–H and O–H groups in total. The van der Waals surface area contributed by atoms with Crippen LogP contribution in [0.2, 0.25) is 0 Å². The fourth-order valence-corrected chi connectivity index (χ4v) is 2.19. The summed E-state index contributed by atoms with van der Waals surface area (Å²) in [4.78, 5) is 33.6. The average Bonchev–Trinajstić information content (AvgIpc) is 2.67. The van der Waals surface area contributed by atoms with Crippen molar-refractivity contribution < 1.29 is 19.5 Å². The van der Waals surface area contributed by atoms with E-state index in [0.29, 0.717) is 12.8 Å². The van der Waals surface area contributed by atoms with Crippen LogP contribution in [0.25, 0.3) is 0 Å². The summed E-state index contributed by atoms with van der Waals surface area (Å²) in [6.45, 7) is 1.47. The number of carbonyl (C=O) groups is 3. The number of carboxylic acids is 1. The van der Waals surface area contributed by atoms with Crippen molar-refractivity contribution in [2.75, 3.05) is 0 Å². The zero-order chi connectivity index (χ0) is 13.1. The number of primary amides is 1. The van der Waals surface area contributed by atoms with Crippen molar-refractivity contribution in [3.05, 3.63) is 0 Å². The fourth-order valence-electron chi connectivity index (χ4n) is 2.19. The van der Waals surface area contributed by atoms with Crippen LogP contribution in [0, 0.1) is 5.41 Å². The van der Waals surface area contributed by atoms with E-state index < -0.39 is 29.2 Å². The zero-order valence-electron chi connectivity index (χ0n) is 9.86. The van der Waals surface area contributed by atoms with Gasteiger partial charge in [-0.05, 0) is 19.8 Å². The molecule has 0 aromatic heterocycles. The lowest BCUT2D eigenvalue weighted by Gasteiger charge is -2.23. The van der Waals surface area contributed by atoms with Gasteiger partial charge in [-0.1, -0.05) is 12.8 Å². The van der Waals surface area contributed by atoms with E-state index in [1.165, 1.54) is 6.92 Å². The summed E-state index contributed by atoms with van der Waals surface area (Å²) in [7, 11) is 0. The highest BCUT2D eigenvalue weighted by Gasteiger charge is 2.43. The number of aliphatic carboxylic acids is 1. The molecule has 96 valence electrons. The summed E-state index contributed by atoms with van der Waals surface area (Å²) in [6.07, 6.45) is 2.59. The molecule has 6 heteroatoms. The van der Waals surface area contributed by atoms with E-state index in [1.807, 2.05) is 0 Å². The molecule has 1 aliphatic carbocycles. The number of carboxylic acid groups (broad SMARTS) is 1. The number of hydrogen-bond donors (Lipinski definition) is 3. The molecule has 1 unspecified atom stereocenters. The second-order valence-corrected chi connectivity index (χ2v) is 4.66. The molecule has 0 spiro atoms. The maximum atomic E-state index is 11.6. The first-order valence-corrected chi connectivity index (χ1v) is 5.69. The summed E-state index contributed by atoms with van der Waals surface area (Å²) in [5.74, 6) is -1.99. The van der Waals surface area contributed by atoms with Gasteiger partial charge in [0.2, 0.25) is 11.8 Å². The smallest absolute Gasteiger partial charge is 0.310 e. The van der Waals surface area contributed by atoms with Crippen LogP contribution in [0.5, 0.6) is 0 Å². The summed E-state index contributed by atoms with van der Waals surface area (Å²) in [6, 6.07) is -0.769. The van der Waals surface area contributed by atoms with E-state index in [1.54, 1.807) is 0 Å². The third-order valence-electron chi connectivity index (χ3n) is 3.32. The molecule has 1 saturated carbocycles. The van der Waals surface area contributed by atoms with Crippen molar-refractivity contribution in [3.63, 3.8) is 0 Å². The molecule has 0 saturated heterocycles. The SMILES string of the molecule is CC(NC(=O)CC1(C(=O)O)CCCC1)C(N)=O. The molecular formula is C11H18N2O4. The Morgan fingerprint density at radius 2 is 1.88 bits per heavy atom. The maximum Gasteiger partial charge on any atom is 0.310 e. The maximum absolute atomic E-state index is 11.6. The van der Waals surface area contributed by atoms with Gasteiger partial charge in [0.05, 0.1) is 5.41 Å². The third-order valence-corrected chi connectivity index (χ3v) is 3.32. The second kappa shape index (κ2) is 5.16. The van der Waals surface area contributed by atoms with Gasteiger partial charge in [-0.2, -0.15) is 0 Å². The van der Waals surface area contributed by atoms with Gasteiger partial charge in [0.25, 0.3) is 0 Å². The molecule has 6 nitrogen and oxygen atoms in total. The van der Waals surface area contributed by atoms with Crippen molar-refractivity contribution in [1.29, 1.82) is 0 Å². The lowest BCUT2D eigenvalue weighted by molar-refractivity contribution is -0.151. The lowest BCUT2D eigenvalue weighted by Crippen LogP contribution is -2.44. The Hall–Kier alpha value is -1.59. The van der Waals surface area contributed by atoms with Gasteiger partial charge in [-0.15, -0.1) is 0 Å². The van der Waals surface area contributed by atoms with Gasteiger partial charge in [0, 0.05) is 6.42 Å². The van der Waals surface area contributed by atoms with Crippen LogP contribution in [-0.4, -0.2) is 28.9 Å². The molecule has 17 heavy (non-hydrogen) atoms. The van der Waals surface area contributed by atoms with Crippen LogP contribution in [0.4, 0.5) is 0 Å². The minimum atomic E-state index is -0.957. The van der Waals surface area contributed by atoms with Crippen LogP contribution in [0.3, 0.4) is 0 Å². The Labute approximate surface area is 99.6 Å². The fraction of sp³-hybridized carbons (Fsp3) is 0.727. The first kappa shape index (κ1) is 13.5. The third kappa shape index (κ3) is 3.18. The predicted octanol–water partition coefficient (Wildman–Crippen LogP) is 0.0115. The Bertz CT molecular complexity index is 334. The largest absolute Gasteiger partial charge is 0.481 e. The molecular weight excluding hydrogens is 224 g/mol. The molecule has 1 atom stereocenters. The minimum absolute atomic E-state index is 0.0834. The number of nitrogens with two attached hydrogens (primary N) is 1. The predicted molar refractivity (Wildman–Crippen MR) is 60.0 cm³/mol. The Morgan fingerprint density at radius 3 is 2.29 bits per heavy atom. The Kier molecular flexibility index (Phi) is 4.09. The monoisotopic (exact) mass is 242 g/mol. The Morgan fingerprint density at radius 1 is 1.35 bits per heavy atom. The molecule has 0 bridgehead atoms. The minimum Gasteiger partial charge on any atom is -0.481 e. The van der Waals surface area contributed by atoms with Gasteiger partial charge in [-0.25, -0.2) is 0 Å². The first-order chi connectivity index (χ1) is 7.87. The van der Waals surface area contributed by atoms with Crippen molar-refractivity contribution in [2.45, 2.75) is 45.1 Å².